The zero-order valence-corrected chi connectivity index (χ0v) is 27.4. The van der Waals surface area contributed by atoms with Crippen LogP contribution in [0, 0.1) is 28.4 Å². The van der Waals surface area contributed by atoms with Crippen molar-refractivity contribution in [3.8, 4) is 23.1 Å². The number of aryl methyl sites for hydroxylation is 2. The van der Waals surface area contributed by atoms with Crippen LogP contribution in [0.2, 0.25) is 0 Å². The number of methoxy groups -OCH3 is 1. The fraction of sp³-hybridized carbons (Fsp3) is 0.344. The number of nitro groups is 1. The van der Waals surface area contributed by atoms with Crippen LogP contribution in [-0.2, 0) is 11.8 Å². The minimum Gasteiger partial charge on any atom is -0.494 e. The Labute approximate surface area is 271 Å². The number of hydrogen-bond acceptors (Lipinski definition) is 10. The van der Waals surface area contributed by atoms with Crippen molar-refractivity contribution in [1.29, 1.82) is 5.26 Å². The number of nitriles is 1. The number of carbonyl (C=O) groups excluding carboxylic acids is 1. The molecule has 0 aliphatic heterocycles. The third kappa shape index (κ3) is 7.23. The Morgan fingerprint density at radius 1 is 1.15 bits per heavy atom. The van der Waals surface area contributed by atoms with Gasteiger partial charge in [-0.15, -0.1) is 0 Å². The Hall–Kier alpha value is -5.75. The second-order valence-corrected chi connectivity index (χ2v) is 12.0. The molecule has 4 aromatic rings. The van der Waals surface area contributed by atoms with Gasteiger partial charge in [-0.05, 0) is 65.6 Å². The van der Waals surface area contributed by atoms with E-state index in [-0.39, 0.29) is 29.6 Å². The number of carboxylic acid groups (broad SMARTS) is 1. The first-order valence-electron chi connectivity index (χ1n) is 14.4. The molecular weight excluding hydrogens is 608 g/mol. The maximum absolute atomic E-state index is 13.3. The van der Waals surface area contributed by atoms with Crippen LogP contribution < -0.4 is 14.5 Å². The lowest BCUT2D eigenvalue weighted by molar-refractivity contribution is -0.384. The van der Waals surface area contributed by atoms with Crippen LogP contribution in [0.15, 0.2) is 42.7 Å². The van der Waals surface area contributed by atoms with Crippen molar-refractivity contribution in [3.63, 3.8) is 0 Å². The molecule has 2 aromatic heterocycles. The summed E-state index contributed by atoms with van der Waals surface area (Å²) in [6.45, 7) is 7.29. The van der Waals surface area contributed by atoms with Crippen LogP contribution in [0.25, 0.3) is 22.2 Å². The summed E-state index contributed by atoms with van der Waals surface area (Å²) < 4.78 is 12.9. The summed E-state index contributed by atoms with van der Waals surface area (Å²) in [6, 6.07) is 9.49. The molecule has 0 spiro atoms. The van der Waals surface area contributed by atoms with Gasteiger partial charge in [0.1, 0.15) is 28.8 Å². The number of aromatic nitrogens is 3. The number of fused-ring (bicyclic) bond motifs is 1. The topological polar surface area (TPSA) is 180 Å². The predicted molar refractivity (Wildman–Crippen MR) is 175 cm³/mol. The van der Waals surface area contributed by atoms with Crippen molar-refractivity contribution < 1.29 is 29.1 Å². The molecule has 0 bridgehead atoms. The van der Waals surface area contributed by atoms with Crippen LogP contribution in [0.5, 0.6) is 5.75 Å². The van der Waals surface area contributed by atoms with Gasteiger partial charge in [-0.2, -0.15) is 5.26 Å². The SMILES string of the molecule is COc1cc(N(CCN(C)C)C(=O)OC(C)(C)C)c([N+](=O)[O-])cc1N(C(=O)O)c1nccc(-c2cc(C#N)c3c(c2)c(C)cn3C)n1. The maximum Gasteiger partial charge on any atom is 0.419 e. The second kappa shape index (κ2) is 13.3. The Morgan fingerprint density at radius 3 is 2.43 bits per heavy atom. The van der Waals surface area contributed by atoms with Gasteiger partial charge in [-0.3, -0.25) is 15.0 Å². The average molecular weight is 645 g/mol. The lowest BCUT2D eigenvalue weighted by atomic mass is 10.0. The van der Waals surface area contributed by atoms with Crippen molar-refractivity contribution in [2.24, 2.45) is 7.05 Å². The van der Waals surface area contributed by atoms with E-state index in [1.807, 2.05) is 30.8 Å². The fourth-order valence-corrected chi connectivity index (χ4v) is 5.06. The van der Waals surface area contributed by atoms with Gasteiger partial charge in [-0.25, -0.2) is 24.5 Å². The third-order valence-corrected chi connectivity index (χ3v) is 7.11. The summed E-state index contributed by atoms with van der Waals surface area (Å²) in [7, 11) is 6.68. The normalized spacial score (nSPS) is 11.3. The van der Waals surface area contributed by atoms with E-state index < -0.39 is 28.4 Å². The van der Waals surface area contributed by atoms with Crippen LogP contribution in [0.4, 0.5) is 32.6 Å². The van der Waals surface area contributed by atoms with E-state index in [2.05, 4.69) is 16.0 Å². The molecule has 0 aliphatic carbocycles. The summed E-state index contributed by atoms with van der Waals surface area (Å²) in [6.07, 6.45) is 0.875. The molecule has 1 N–H and O–H groups in total. The van der Waals surface area contributed by atoms with E-state index in [1.165, 1.54) is 19.4 Å². The van der Waals surface area contributed by atoms with E-state index in [9.17, 15) is 30.1 Å². The molecule has 15 nitrogen and oxygen atoms in total. The quantitative estimate of drug-likeness (QED) is 0.170. The van der Waals surface area contributed by atoms with Gasteiger partial charge in [0.05, 0.1) is 28.8 Å². The molecule has 246 valence electrons. The lowest BCUT2D eigenvalue weighted by Crippen LogP contribution is -2.40. The molecule has 4 rings (SSSR count). The number of likely N-dealkylation sites (N-methyl/N-ethyl adjacent to an activating group) is 1. The Balaban J connectivity index is 1.89. The number of benzene rings is 2. The first-order chi connectivity index (χ1) is 22.1. The number of ether oxygens (including phenoxy) is 2. The lowest BCUT2D eigenvalue weighted by Gasteiger charge is -2.29. The molecule has 2 heterocycles. The first-order valence-corrected chi connectivity index (χ1v) is 14.4. The molecule has 2 amide bonds. The van der Waals surface area contributed by atoms with Gasteiger partial charge in [0.25, 0.3) is 5.69 Å². The molecule has 0 atom stereocenters. The molecule has 2 aromatic carbocycles. The van der Waals surface area contributed by atoms with Crippen molar-refractivity contribution in [1.82, 2.24) is 19.4 Å². The average Bonchev–Trinajstić information content (AvgIpc) is 3.28. The number of carbonyl (C=O) groups is 2. The van der Waals surface area contributed by atoms with Gasteiger partial charge in [0.2, 0.25) is 5.95 Å². The molecule has 15 heteroatoms. The number of hydrogen-bond donors (Lipinski definition) is 1. The summed E-state index contributed by atoms with van der Waals surface area (Å²) >= 11 is 0. The summed E-state index contributed by atoms with van der Waals surface area (Å²) in [5.41, 5.74) is 1.07. The molecule has 0 fully saturated rings. The summed E-state index contributed by atoms with van der Waals surface area (Å²) in [5, 5.41) is 33.5. The number of rotatable bonds is 9. The van der Waals surface area contributed by atoms with Crippen molar-refractivity contribution >= 4 is 46.1 Å². The monoisotopic (exact) mass is 644 g/mol. The zero-order chi connectivity index (χ0) is 34.8. The number of nitrogens with zero attached hydrogens (tertiary/aromatic N) is 8. The number of amides is 2. The standard InChI is InChI=1S/C32H36N8O7/c1-19-18-37(7)28-21(17-33)13-20(14-22(19)28)23-9-10-34-29(35-23)39(30(41)42)26-15-25(40(44)45)24(16-27(26)46-8)38(12-11-36(5)6)31(43)47-32(2,3)4/h9-10,13-16,18H,11-12H2,1-8H3,(H,41,42). The van der Waals surface area contributed by atoms with Crippen molar-refractivity contribution in [2.45, 2.75) is 33.3 Å². The van der Waals surface area contributed by atoms with Crippen LogP contribution in [0.3, 0.4) is 0 Å². The Morgan fingerprint density at radius 2 is 1.85 bits per heavy atom. The minimum atomic E-state index is -1.55. The molecule has 0 radical (unpaired) electrons. The van der Waals surface area contributed by atoms with E-state index in [4.69, 9.17) is 9.47 Å². The van der Waals surface area contributed by atoms with Gasteiger partial charge in [-0.1, -0.05) is 0 Å². The van der Waals surface area contributed by atoms with Gasteiger partial charge >= 0.3 is 12.2 Å². The van der Waals surface area contributed by atoms with Crippen molar-refractivity contribution in [3.05, 3.63) is 64.0 Å². The zero-order valence-electron chi connectivity index (χ0n) is 27.4. The number of nitro benzene ring substituents is 1. The number of anilines is 3. The second-order valence-electron chi connectivity index (χ2n) is 12.0. The van der Waals surface area contributed by atoms with Crippen LogP contribution in [-0.4, -0.2) is 81.5 Å². The highest BCUT2D eigenvalue weighted by molar-refractivity contribution is 5.99. The van der Waals surface area contributed by atoms with Crippen LogP contribution >= 0.6 is 0 Å². The third-order valence-electron chi connectivity index (χ3n) is 7.11. The molecule has 0 unspecified atom stereocenters. The summed E-state index contributed by atoms with van der Waals surface area (Å²) in [4.78, 5) is 50.0. The molecule has 47 heavy (non-hydrogen) atoms. The minimum absolute atomic E-state index is 0.0228. The largest absolute Gasteiger partial charge is 0.494 e. The Kier molecular flexibility index (Phi) is 9.67. The van der Waals surface area contributed by atoms with Gasteiger partial charge < -0.3 is 24.0 Å². The van der Waals surface area contributed by atoms with E-state index in [0.717, 1.165) is 27.4 Å². The highest BCUT2D eigenvalue weighted by atomic mass is 16.6. The van der Waals surface area contributed by atoms with E-state index in [1.54, 1.807) is 51.9 Å². The molecule has 0 aliphatic rings. The van der Waals surface area contributed by atoms with Gasteiger partial charge in [0.15, 0.2) is 0 Å². The Bertz CT molecular complexity index is 1910. The summed E-state index contributed by atoms with van der Waals surface area (Å²) in [5.74, 6) is -0.427. The molecule has 0 saturated carbocycles. The maximum atomic E-state index is 13.3. The highest BCUT2D eigenvalue weighted by Crippen LogP contribution is 2.43. The smallest absolute Gasteiger partial charge is 0.419 e. The molecule has 0 saturated heterocycles. The van der Waals surface area contributed by atoms with Gasteiger partial charge in [0, 0.05) is 55.6 Å². The van der Waals surface area contributed by atoms with E-state index in [0.29, 0.717) is 28.3 Å². The fourth-order valence-electron chi connectivity index (χ4n) is 5.06. The highest BCUT2D eigenvalue weighted by Gasteiger charge is 2.34. The molecular formula is C32H36N8O7. The predicted octanol–water partition coefficient (Wildman–Crippen LogP) is 5.85. The van der Waals surface area contributed by atoms with Crippen molar-refractivity contribution in [2.75, 3.05) is 44.1 Å². The van der Waals surface area contributed by atoms with Crippen LogP contribution in [0.1, 0.15) is 31.9 Å². The first kappa shape index (κ1) is 34.1. The van der Waals surface area contributed by atoms with E-state index >= 15 is 0 Å².